The SMILES string of the molecule is CC/C=C\C/C=C\C/C=C\C/C=C\CCCCCCC(=O)OC(COC(=O)CCCCCCC/C=C\CCCCCCCC)COC(=O)CCCCCCCCCCCCCCCCCCCCCCCCCCCCCCCC. The molecule has 0 amide bonds. The number of ether oxygens (including phenoxy) is 3. The predicted molar refractivity (Wildman–Crippen MR) is 348 cm³/mol. The Balaban J connectivity index is 4.21. The molecule has 0 bridgehead atoms. The van der Waals surface area contributed by atoms with E-state index in [4.69, 9.17) is 14.2 Å². The molecule has 0 saturated carbocycles. The van der Waals surface area contributed by atoms with Gasteiger partial charge in [-0.2, -0.15) is 0 Å². The summed E-state index contributed by atoms with van der Waals surface area (Å²) in [6.45, 7) is 6.55. The lowest BCUT2D eigenvalue weighted by molar-refractivity contribution is -0.167. The Hall–Kier alpha value is -2.89. The van der Waals surface area contributed by atoms with Crippen LogP contribution in [-0.2, 0) is 28.6 Å². The maximum absolute atomic E-state index is 12.9. The number of hydrogen-bond donors (Lipinski definition) is 0. The minimum absolute atomic E-state index is 0.0836. The van der Waals surface area contributed by atoms with Crippen LogP contribution in [0.4, 0.5) is 0 Å². The summed E-state index contributed by atoms with van der Waals surface area (Å²) in [7, 11) is 0. The summed E-state index contributed by atoms with van der Waals surface area (Å²) < 4.78 is 16.9. The van der Waals surface area contributed by atoms with Gasteiger partial charge in [-0.3, -0.25) is 14.4 Å². The van der Waals surface area contributed by atoms with Gasteiger partial charge in [0, 0.05) is 19.3 Å². The average molecular weight is 1120 g/mol. The third-order valence-corrected chi connectivity index (χ3v) is 15.8. The molecule has 0 aromatic rings. The first-order chi connectivity index (χ1) is 39.5. The van der Waals surface area contributed by atoms with Crippen molar-refractivity contribution in [3.8, 4) is 0 Å². The van der Waals surface area contributed by atoms with Gasteiger partial charge in [0.05, 0.1) is 0 Å². The first-order valence-corrected chi connectivity index (χ1v) is 35.3. The van der Waals surface area contributed by atoms with Crippen LogP contribution in [0.5, 0.6) is 0 Å². The molecule has 0 N–H and O–H groups in total. The molecule has 1 atom stereocenters. The molecular formula is C74H134O6. The second-order valence-electron chi connectivity index (χ2n) is 23.8. The molecule has 0 aromatic carbocycles. The van der Waals surface area contributed by atoms with Crippen LogP contribution in [0, 0.1) is 0 Å². The molecule has 80 heavy (non-hydrogen) atoms. The fraction of sp³-hybridized carbons (Fsp3) is 0.824. The Morgan fingerprint density at radius 2 is 0.487 bits per heavy atom. The van der Waals surface area contributed by atoms with Gasteiger partial charge in [-0.1, -0.05) is 332 Å². The van der Waals surface area contributed by atoms with E-state index in [1.807, 2.05) is 0 Å². The van der Waals surface area contributed by atoms with Crippen LogP contribution in [0.25, 0.3) is 0 Å². The predicted octanol–water partition coefficient (Wildman–Crippen LogP) is 24.3. The third-order valence-electron chi connectivity index (χ3n) is 15.8. The van der Waals surface area contributed by atoms with E-state index in [1.165, 1.54) is 231 Å². The summed E-state index contributed by atoms with van der Waals surface area (Å²) in [6, 6.07) is 0. The molecule has 0 fully saturated rings. The largest absolute Gasteiger partial charge is 0.462 e. The molecule has 0 heterocycles. The van der Waals surface area contributed by atoms with Crippen molar-refractivity contribution < 1.29 is 28.6 Å². The highest BCUT2D eigenvalue weighted by Gasteiger charge is 2.19. The first kappa shape index (κ1) is 77.1. The van der Waals surface area contributed by atoms with Crippen molar-refractivity contribution in [3.63, 3.8) is 0 Å². The smallest absolute Gasteiger partial charge is 0.306 e. The zero-order valence-electron chi connectivity index (χ0n) is 53.6. The summed E-state index contributed by atoms with van der Waals surface area (Å²) in [5.74, 6) is -0.895. The number of allylic oxidation sites excluding steroid dienone is 10. The highest BCUT2D eigenvalue weighted by molar-refractivity contribution is 5.71. The van der Waals surface area contributed by atoms with Gasteiger partial charge in [-0.05, 0) is 83.5 Å². The minimum atomic E-state index is -0.791. The standard InChI is InChI=1S/C74H134O6/c1-4-7-10-13-16-19-22-25-28-30-31-32-33-34-35-36-37-38-39-40-41-42-44-46-49-52-55-58-61-64-67-73(76)79-70-71(69-78-72(75)66-63-60-57-54-51-48-45-27-24-21-18-15-12-9-6-3)80-74(77)68-65-62-59-56-53-50-47-43-29-26-23-20-17-14-11-8-5-2/h8,11,17,20,26-27,29,45,47,50,71H,4-7,9-10,12-16,18-19,21-25,28,30-44,46,48-49,51-70H2,1-3H3/b11-8-,20-17-,29-26-,45-27-,50-47-. The molecule has 0 aliphatic carbocycles. The van der Waals surface area contributed by atoms with Crippen molar-refractivity contribution in [3.05, 3.63) is 60.8 Å². The number of carbonyl (C=O) groups excluding carboxylic acids is 3. The van der Waals surface area contributed by atoms with Crippen LogP contribution in [-0.4, -0.2) is 37.2 Å². The van der Waals surface area contributed by atoms with Gasteiger partial charge in [-0.15, -0.1) is 0 Å². The fourth-order valence-electron chi connectivity index (χ4n) is 10.5. The lowest BCUT2D eigenvalue weighted by Gasteiger charge is -2.18. The van der Waals surface area contributed by atoms with Gasteiger partial charge in [0.15, 0.2) is 6.10 Å². The second-order valence-corrected chi connectivity index (χ2v) is 23.8. The van der Waals surface area contributed by atoms with E-state index < -0.39 is 6.10 Å². The van der Waals surface area contributed by atoms with Crippen molar-refractivity contribution in [1.82, 2.24) is 0 Å². The number of carbonyl (C=O) groups is 3. The number of unbranched alkanes of at least 4 members (excludes halogenated alkanes) is 44. The van der Waals surface area contributed by atoms with Gasteiger partial charge in [0.2, 0.25) is 0 Å². The first-order valence-electron chi connectivity index (χ1n) is 35.3. The van der Waals surface area contributed by atoms with E-state index in [1.54, 1.807) is 0 Å². The lowest BCUT2D eigenvalue weighted by atomic mass is 10.0. The lowest BCUT2D eigenvalue weighted by Crippen LogP contribution is -2.30. The molecule has 1 unspecified atom stereocenters. The monoisotopic (exact) mass is 1120 g/mol. The van der Waals surface area contributed by atoms with E-state index in [0.717, 1.165) is 103 Å². The molecule has 0 radical (unpaired) electrons. The van der Waals surface area contributed by atoms with Crippen LogP contribution < -0.4 is 0 Å². The van der Waals surface area contributed by atoms with Gasteiger partial charge in [0.25, 0.3) is 0 Å². The number of esters is 3. The molecule has 0 spiro atoms. The molecular weight excluding hydrogens is 985 g/mol. The summed E-state index contributed by atoms with van der Waals surface area (Å²) in [5, 5.41) is 0. The maximum Gasteiger partial charge on any atom is 0.306 e. The maximum atomic E-state index is 12.9. The van der Waals surface area contributed by atoms with E-state index in [2.05, 4.69) is 81.5 Å². The molecule has 0 aromatic heterocycles. The third kappa shape index (κ3) is 65.9. The molecule has 0 saturated heterocycles. The fourth-order valence-corrected chi connectivity index (χ4v) is 10.5. The van der Waals surface area contributed by atoms with Crippen LogP contribution in [0.1, 0.15) is 374 Å². The van der Waals surface area contributed by atoms with Gasteiger partial charge in [0.1, 0.15) is 13.2 Å². The zero-order chi connectivity index (χ0) is 57.8. The summed E-state index contributed by atoms with van der Waals surface area (Å²) in [4.78, 5) is 38.4. The Kier molecular flexibility index (Phi) is 66.1. The van der Waals surface area contributed by atoms with Crippen molar-refractivity contribution in [2.45, 2.75) is 380 Å². The molecule has 466 valence electrons. The van der Waals surface area contributed by atoms with Crippen LogP contribution in [0.15, 0.2) is 60.8 Å². The van der Waals surface area contributed by atoms with Crippen LogP contribution in [0.2, 0.25) is 0 Å². The van der Waals surface area contributed by atoms with E-state index in [0.29, 0.717) is 19.3 Å². The normalized spacial score (nSPS) is 12.4. The van der Waals surface area contributed by atoms with Gasteiger partial charge in [-0.25, -0.2) is 0 Å². The Morgan fingerprint density at radius 1 is 0.263 bits per heavy atom. The Bertz CT molecular complexity index is 1430. The highest BCUT2D eigenvalue weighted by Crippen LogP contribution is 2.18. The van der Waals surface area contributed by atoms with Crippen molar-refractivity contribution in [2.75, 3.05) is 13.2 Å². The molecule has 6 nitrogen and oxygen atoms in total. The molecule has 0 rings (SSSR count). The molecule has 6 heteroatoms. The zero-order valence-corrected chi connectivity index (χ0v) is 53.6. The molecule has 0 aliphatic heterocycles. The van der Waals surface area contributed by atoms with Crippen LogP contribution in [0.3, 0.4) is 0 Å². The van der Waals surface area contributed by atoms with Crippen molar-refractivity contribution in [2.24, 2.45) is 0 Å². The van der Waals surface area contributed by atoms with Crippen molar-refractivity contribution >= 4 is 17.9 Å². The summed E-state index contributed by atoms with van der Waals surface area (Å²) in [5.41, 5.74) is 0. The van der Waals surface area contributed by atoms with Gasteiger partial charge >= 0.3 is 17.9 Å². The second kappa shape index (κ2) is 68.6. The number of rotatable bonds is 65. The number of hydrogen-bond acceptors (Lipinski definition) is 6. The summed E-state index contributed by atoms with van der Waals surface area (Å²) in [6.07, 6.45) is 88.4. The van der Waals surface area contributed by atoms with E-state index >= 15 is 0 Å². The highest BCUT2D eigenvalue weighted by atomic mass is 16.6. The summed E-state index contributed by atoms with van der Waals surface area (Å²) >= 11 is 0. The Morgan fingerprint density at radius 3 is 0.775 bits per heavy atom. The van der Waals surface area contributed by atoms with Crippen molar-refractivity contribution in [1.29, 1.82) is 0 Å². The minimum Gasteiger partial charge on any atom is -0.462 e. The average Bonchev–Trinajstić information content (AvgIpc) is 3.46. The molecule has 0 aliphatic rings. The topological polar surface area (TPSA) is 78.9 Å². The quantitative estimate of drug-likeness (QED) is 0.0261. The van der Waals surface area contributed by atoms with Gasteiger partial charge < -0.3 is 14.2 Å². The van der Waals surface area contributed by atoms with Crippen LogP contribution >= 0.6 is 0 Å². The van der Waals surface area contributed by atoms with E-state index in [9.17, 15) is 14.4 Å². The Labute approximate surface area is 498 Å². The van der Waals surface area contributed by atoms with E-state index in [-0.39, 0.29) is 31.1 Å².